The Bertz CT molecular complexity index is 650. The molecule has 26 heavy (non-hydrogen) atoms. The minimum Gasteiger partial charge on any atom is -0.484 e. The number of halogens is 3. The van der Waals surface area contributed by atoms with Crippen LogP contribution in [0.15, 0.2) is 24.3 Å². The standard InChI is InChI=1S/C17H20F3NO5/c1-25-14-7-12(8-16(23)24)21(9-14)15(22)6-11-3-2-4-13(5-11)26-10-17(18,19)20/h2-5,12,14H,6-10H2,1H3,(H,23,24). The van der Waals surface area contributed by atoms with Crippen LogP contribution < -0.4 is 4.74 Å². The van der Waals surface area contributed by atoms with Crippen LogP contribution in [0.2, 0.25) is 0 Å². The average Bonchev–Trinajstić information content (AvgIpc) is 2.95. The van der Waals surface area contributed by atoms with Crippen molar-refractivity contribution in [3.8, 4) is 5.75 Å². The van der Waals surface area contributed by atoms with E-state index in [9.17, 15) is 22.8 Å². The monoisotopic (exact) mass is 375 g/mol. The van der Waals surface area contributed by atoms with E-state index in [1.807, 2.05) is 0 Å². The number of methoxy groups -OCH3 is 1. The van der Waals surface area contributed by atoms with Crippen molar-refractivity contribution in [2.24, 2.45) is 0 Å². The van der Waals surface area contributed by atoms with Crippen molar-refractivity contribution in [1.29, 1.82) is 0 Å². The summed E-state index contributed by atoms with van der Waals surface area (Å²) >= 11 is 0. The molecule has 0 saturated carbocycles. The van der Waals surface area contributed by atoms with Crippen LogP contribution in [0.1, 0.15) is 18.4 Å². The number of hydrogen-bond donors (Lipinski definition) is 1. The van der Waals surface area contributed by atoms with Gasteiger partial charge >= 0.3 is 12.1 Å². The van der Waals surface area contributed by atoms with E-state index in [4.69, 9.17) is 9.84 Å². The molecule has 6 nitrogen and oxygen atoms in total. The number of benzene rings is 1. The average molecular weight is 375 g/mol. The molecule has 1 aliphatic heterocycles. The summed E-state index contributed by atoms with van der Waals surface area (Å²) in [5, 5.41) is 9.00. The van der Waals surface area contributed by atoms with E-state index < -0.39 is 24.8 Å². The van der Waals surface area contributed by atoms with Crippen LogP contribution in [0.5, 0.6) is 5.75 Å². The molecule has 1 fully saturated rings. The molecule has 9 heteroatoms. The molecule has 1 amide bonds. The molecule has 0 bridgehead atoms. The lowest BCUT2D eigenvalue weighted by molar-refractivity contribution is -0.153. The number of alkyl halides is 3. The fourth-order valence-electron chi connectivity index (χ4n) is 2.93. The number of carbonyl (C=O) groups is 2. The molecule has 0 aromatic heterocycles. The first-order valence-electron chi connectivity index (χ1n) is 8.00. The fraction of sp³-hybridized carbons (Fsp3) is 0.529. The number of likely N-dealkylation sites (tertiary alicyclic amines) is 1. The van der Waals surface area contributed by atoms with Gasteiger partial charge in [0.1, 0.15) is 5.75 Å². The van der Waals surface area contributed by atoms with Gasteiger partial charge in [-0.15, -0.1) is 0 Å². The van der Waals surface area contributed by atoms with Crippen molar-refractivity contribution in [1.82, 2.24) is 4.90 Å². The molecule has 144 valence electrons. The van der Waals surface area contributed by atoms with Crippen LogP contribution in [0.4, 0.5) is 13.2 Å². The lowest BCUT2D eigenvalue weighted by Gasteiger charge is -2.23. The van der Waals surface area contributed by atoms with Crippen LogP contribution in [0.25, 0.3) is 0 Å². The molecule has 2 atom stereocenters. The molecule has 0 radical (unpaired) electrons. The van der Waals surface area contributed by atoms with Crippen molar-refractivity contribution in [3.63, 3.8) is 0 Å². The van der Waals surface area contributed by atoms with Gasteiger partial charge in [-0.3, -0.25) is 9.59 Å². The Hall–Kier alpha value is -2.29. The second kappa shape index (κ2) is 8.39. The molecule has 1 aliphatic rings. The third kappa shape index (κ3) is 5.91. The highest BCUT2D eigenvalue weighted by molar-refractivity contribution is 5.80. The number of carboxylic acid groups (broad SMARTS) is 1. The van der Waals surface area contributed by atoms with Gasteiger partial charge in [-0.2, -0.15) is 13.2 Å². The molecular weight excluding hydrogens is 355 g/mol. The number of rotatable bonds is 7. The van der Waals surface area contributed by atoms with Gasteiger partial charge in [-0.05, 0) is 24.1 Å². The lowest BCUT2D eigenvalue weighted by atomic mass is 10.1. The summed E-state index contributed by atoms with van der Waals surface area (Å²) in [6.07, 6.45) is -4.48. The Morgan fingerprint density at radius 3 is 2.69 bits per heavy atom. The summed E-state index contributed by atoms with van der Waals surface area (Å²) in [6.45, 7) is -1.12. The first-order chi connectivity index (χ1) is 12.2. The number of ether oxygens (including phenoxy) is 2. The van der Waals surface area contributed by atoms with E-state index in [1.165, 1.54) is 30.2 Å². The highest BCUT2D eigenvalue weighted by Crippen LogP contribution is 2.25. The van der Waals surface area contributed by atoms with E-state index in [-0.39, 0.29) is 37.1 Å². The minimum absolute atomic E-state index is 0.0194. The first-order valence-corrected chi connectivity index (χ1v) is 8.00. The second-order valence-corrected chi connectivity index (χ2v) is 6.12. The number of hydrogen-bond acceptors (Lipinski definition) is 4. The molecule has 2 unspecified atom stereocenters. The second-order valence-electron chi connectivity index (χ2n) is 6.12. The minimum atomic E-state index is -4.44. The third-order valence-electron chi connectivity index (χ3n) is 4.10. The third-order valence-corrected chi connectivity index (χ3v) is 4.10. The van der Waals surface area contributed by atoms with Crippen LogP contribution >= 0.6 is 0 Å². The van der Waals surface area contributed by atoms with Gasteiger partial charge in [0.15, 0.2) is 6.61 Å². The van der Waals surface area contributed by atoms with Gasteiger partial charge < -0.3 is 19.5 Å². The van der Waals surface area contributed by atoms with Crippen LogP contribution in [0, 0.1) is 0 Å². The molecular formula is C17H20F3NO5. The summed E-state index contributed by atoms with van der Waals surface area (Å²) < 4.78 is 46.6. The fourth-order valence-corrected chi connectivity index (χ4v) is 2.93. The van der Waals surface area contributed by atoms with Gasteiger partial charge in [0.2, 0.25) is 5.91 Å². The van der Waals surface area contributed by atoms with Crippen molar-refractivity contribution in [3.05, 3.63) is 29.8 Å². The zero-order chi connectivity index (χ0) is 19.3. The molecule has 1 heterocycles. The Morgan fingerprint density at radius 1 is 1.35 bits per heavy atom. The van der Waals surface area contributed by atoms with E-state index in [0.29, 0.717) is 12.0 Å². The van der Waals surface area contributed by atoms with E-state index >= 15 is 0 Å². The molecule has 1 saturated heterocycles. The molecule has 1 aromatic rings. The largest absolute Gasteiger partial charge is 0.484 e. The summed E-state index contributed by atoms with van der Waals surface area (Å²) in [7, 11) is 1.50. The van der Waals surface area contributed by atoms with Crippen molar-refractivity contribution >= 4 is 11.9 Å². The van der Waals surface area contributed by atoms with Crippen molar-refractivity contribution < 1.29 is 37.3 Å². The molecule has 0 aliphatic carbocycles. The summed E-state index contributed by atoms with van der Waals surface area (Å²) in [6, 6.07) is 5.40. The smallest absolute Gasteiger partial charge is 0.422 e. The van der Waals surface area contributed by atoms with Crippen molar-refractivity contribution in [2.45, 2.75) is 37.6 Å². The number of aliphatic carboxylic acids is 1. The summed E-state index contributed by atoms with van der Waals surface area (Å²) in [4.78, 5) is 25.0. The van der Waals surface area contributed by atoms with E-state index in [2.05, 4.69) is 4.74 Å². The summed E-state index contributed by atoms with van der Waals surface area (Å²) in [5.74, 6) is -1.29. The zero-order valence-corrected chi connectivity index (χ0v) is 14.2. The number of nitrogens with zero attached hydrogens (tertiary/aromatic N) is 1. The topological polar surface area (TPSA) is 76.1 Å². The first kappa shape index (κ1) is 20.0. The van der Waals surface area contributed by atoms with Gasteiger partial charge in [-0.25, -0.2) is 0 Å². The molecule has 2 rings (SSSR count). The van der Waals surface area contributed by atoms with Crippen LogP contribution in [-0.2, 0) is 20.7 Å². The Labute approximate surface area is 148 Å². The Balaban J connectivity index is 2.02. The Kier molecular flexibility index (Phi) is 6.47. The van der Waals surface area contributed by atoms with Gasteiger partial charge in [0.25, 0.3) is 0 Å². The normalized spacial score (nSPS) is 20.2. The maximum Gasteiger partial charge on any atom is 0.422 e. The SMILES string of the molecule is COC1CC(CC(=O)O)N(C(=O)Cc2cccc(OCC(F)(F)F)c2)C1. The molecule has 1 N–H and O–H groups in total. The molecule has 0 spiro atoms. The molecule has 1 aromatic carbocycles. The highest BCUT2D eigenvalue weighted by Gasteiger charge is 2.36. The Morgan fingerprint density at radius 2 is 2.08 bits per heavy atom. The highest BCUT2D eigenvalue weighted by atomic mass is 19.4. The van der Waals surface area contributed by atoms with Gasteiger partial charge in [0.05, 0.1) is 18.9 Å². The lowest BCUT2D eigenvalue weighted by Crippen LogP contribution is -2.38. The van der Waals surface area contributed by atoms with Crippen LogP contribution in [0.3, 0.4) is 0 Å². The summed E-state index contributed by atoms with van der Waals surface area (Å²) in [5.41, 5.74) is 0.490. The van der Waals surface area contributed by atoms with E-state index in [1.54, 1.807) is 6.07 Å². The number of carbonyl (C=O) groups excluding carboxylic acids is 1. The van der Waals surface area contributed by atoms with Crippen LogP contribution in [-0.4, -0.2) is 60.5 Å². The van der Waals surface area contributed by atoms with Crippen molar-refractivity contribution in [2.75, 3.05) is 20.3 Å². The maximum absolute atomic E-state index is 12.6. The zero-order valence-electron chi connectivity index (χ0n) is 14.2. The van der Waals surface area contributed by atoms with Gasteiger partial charge in [0, 0.05) is 19.7 Å². The quantitative estimate of drug-likeness (QED) is 0.791. The number of amides is 1. The van der Waals surface area contributed by atoms with Gasteiger partial charge in [-0.1, -0.05) is 12.1 Å². The predicted molar refractivity (Wildman–Crippen MR) is 84.9 cm³/mol. The maximum atomic E-state index is 12.6. The number of carboxylic acids is 1. The van der Waals surface area contributed by atoms with E-state index in [0.717, 1.165) is 0 Å². The predicted octanol–water partition coefficient (Wildman–Crippen LogP) is 2.26.